The zero-order chi connectivity index (χ0) is 12.0. The van der Waals surface area contributed by atoms with Gasteiger partial charge in [0.2, 0.25) is 0 Å². The van der Waals surface area contributed by atoms with Crippen LogP contribution in [-0.4, -0.2) is 37.0 Å². The highest BCUT2D eigenvalue weighted by molar-refractivity contribution is 5.85. The molecule has 16 heavy (non-hydrogen) atoms. The van der Waals surface area contributed by atoms with Crippen molar-refractivity contribution in [1.29, 1.82) is 0 Å². The van der Waals surface area contributed by atoms with Crippen LogP contribution in [0, 0.1) is 5.92 Å². The van der Waals surface area contributed by atoms with Gasteiger partial charge in [-0.2, -0.15) is 0 Å². The highest BCUT2D eigenvalue weighted by Gasteiger charge is 2.77. The normalized spacial score (nSPS) is 42.4. The minimum atomic E-state index is -0.776. The lowest BCUT2D eigenvalue weighted by molar-refractivity contribution is -0.149. The number of rotatable bonds is 2. The zero-order valence-electron chi connectivity index (χ0n) is 10.4. The number of methoxy groups -OCH3 is 1. The minimum absolute atomic E-state index is 0.108. The minimum Gasteiger partial charge on any atom is -0.467 e. The summed E-state index contributed by atoms with van der Waals surface area (Å²) < 4.78 is 16.3. The molecule has 1 spiro atoms. The number of esters is 1. The van der Waals surface area contributed by atoms with Crippen molar-refractivity contribution >= 4 is 5.97 Å². The van der Waals surface area contributed by atoms with Crippen molar-refractivity contribution in [3.8, 4) is 0 Å². The van der Waals surface area contributed by atoms with Crippen LogP contribution in [0.15, 0.2) is 0 Å². The molecule has 0 aromatic heterocycles. The van der Waals surface area contributed by atoms with Gasteiger partial charge in [0, 0.05) is 0 Å². The molecule has 0 bridgehead atoms. The molecule has 0 radical (unpaired) electrons. The van der Waals surface area contributed by atoms with Gasteiger partial charge in [0.1, 0.15) is 5.60 Å². The van der Waals surface area contributed by atoms with Crippen molar-refractivity contribution in [3.63, 3.8) is 0 Å². The van der Waals surface area contributed by atoms with Crippen LogP contribution in [0.2, 0.25) is 0 Å². The molecule has 2 rings (SSSR count). The predicted octanol–water partition coefficient (Wildman–Crippen LogP) is 1.52. The van der Waals surface area contributed by atoms with E-state index in [0.29, 0.717) is 6.61 Å². The topological polar surface area (TPSA) is 48.1 Å². The molecule has 0 saturated carbocycles. The Labute approximate surface area is 96.2 Å². The van der Waals surface area contributed by atoms with Crippen LogP contribution < -0.4 is 0 Å². The fourth-order valence-electron chi connectivity index (χ4n) is 2.78. The summed E-state index contributed by atoms with van der Waals surface area (Å²) in [5.41, 5.74) is -1.21. The highest BCUT2D eigenvalue weighted by atomic mass is 16.7. The fraction of sp³-hybridized carbons (Fsp3) is 0.917. The number of hydrogen-bond acceptors (Lipinski definition) is 4. The van der Waals surface area contributed by atoms with Gasteiger partial charge in [0.25, 0.3) is 0 Å². The third-order valence-electron chi connectivity index (χ3n) is 3.85. The second kappa shape index (κ2) is 3.70. The first-order valence-corrected chi connectivity index (χ1v) is 5.89. The van der Waals surface area contributed by atoms with E-state index < -0.39 is 11.2 Å². The van der Waals surface area contributed by atoms with Crippen molar-refractivity contribution in [1.82, 2.24) is 0 Å². The fourth-order valence-corrected chi connectivity index (χ4v) is 2.78. The van der Waals surface area contributed by atoms with Crippen molar-refractivity contribution < 1.29 is 19.0 Å². The van der Waals surface area contributed by atoms with E-state index in [1.807, 2.05) is 20.8 Å². The first-order chi connectivity index (χ1) is 7.48. The summed E-state index contributed by atoms with van der Waals surface area (Å²) in [5, 5.41) is 0. The van der Waals surface area contributed by atoms with Crippen molar-refractivity contribution in [3.05, 3.63) is 0 Å². The molecule has 2 aliphatic heterocycles. The summed E-state index contributed by atoms with van der Waals surface area (Å²) in [5.74, 6) is -0.155. The molecule has 2 fully saturated rings. The van der Waals surface area contributed by atoms with Crippen molar-refractivity contribution in [2.75, 3.05) is 13.7 Å². The van der Waals surface area contributed by atoms with E-state index in [0.717, 1.165) is 12.8 Å². The van der Waals surface area contributed by atoms with E-state index >= 15 is 0 Å². The molecule has 0 aromatic rings. The lowest BCUT2D eigenvalue weighted by Gasteiger charge is -2.28. The molecule has 2 saturated heterocycles. The van der Waals surface area contributed by atoms with Gasteiger partial charge in [-0.1, -0.05) is 13.8 Å². The van der Waals surface area contributed by atoms with Crippen LogP contribution >= 0.6 is 0 Å². The van der Waals surface area contributed by atoms with E-state index in [9.17, 15) is 4.79 Å². The van der Waals surface area contributed by atoms with Gasteiger partial charge in [-0.05, 0) is 25.7 Å². The van der Waals surface area contributed by atoms with Crippen LogP contribution in [0.5, 0.6) is 0 Å². The molecular weight excluding hydrogens is 208 g/mol. The molecule has 3 unspecified atom stereocenters. The van der Waals surface area contributed by atoms with Crippen LogP contribution in [-0.2, 0) is 19.0 Å². The summed E-state index contributed by atoms with van der Waals surface area (Å²) in [7, 11) is 1.41. The van der Waals surface area contributed by atoms with Gasteiger partial charge in [-0.25, -0.2) is 4.79 Å². The Bertz CT molecular complexity index is 291. The maximum Gasteiger partial charge on any atom is 0.341 e. The molecule has 4 nitrogen and oxygen atoms in total. The summed E-state index contributed by atoms with van der Waals surface area (Å²) in [6.07, 6.45) is 2.07. The quantitative estimate of drug-likeness (QED) is 0.531. The van der Waals surface area contributed by atoms with E-state index in [1.54, 1.807) is 0 Å². The number of ether oxygens (including phenoxy) is 3. The van der Waals surface area contributed by atoms with Gasteiger partial charge in [-0.15, -0.1) is 0 Å². The Morgan fingerprint density at radius 2 is 2.19 bits per heavy atom. The second-order valence-corrected chi connectivity index (χ2v) is 5.14. The van der Waals surface area contributed by atoms with Gasteiger partial charge in [0.15, 0.2) is 5.60 Å². The molecule has 3 atom stereocenters. The lowest BCUT2D eigenvalue weighted by Crippen LogP contribution is -2.45. The molecule has 0 aliphatic carbocycles. The number of carbonyl (C=O) groups excluding carboxylic acids is 1. The average molecular weight is 228 g/mol. The monoisotopic (exact) mass is 228 g/mol. The largest absolute Gasteiger partial charge is 0.467 e. The van der Waals surface area contributed by atoms with Crippen LogP contribution in [0.25, 0.3) is 0 Å². The Balaban J connectivity index is 2.18. The van der Waals surface area contributed by atoms with Gasteiger partial charge in [0.05, 0.1) is 19.8 Å². The molecule has 0 aromatic carbocycles. The Kier molecular flexibility index (Phi) is 2.75. The predicted molar refractivity (Wildman–Crippen MR) is 58.0 cm³/mol. The first-order valence-electron chi connectivity index (χ1n) is 5.89. The third-order valence-corrected chi connectivity index (χ3v) is 3.85. The smallest absolute Gasteiger partial charge is 0.341 e. The summed E-state index contributed by atoms with van der Waals surface area (Å²) in [6, 6.07) is 0. The summed E-state index contributed by atoms with van der Waals surface area (Å²) in [6.45, 7) is 6.53. The number of carbonyl (C=O) groups is 1. The van der Waals surface area contributed by atoms with Crippen LogP contribution in [0.4, 0.5) is 0 Å². The highest BCUT2D eigenvalue weighted by Crippen LogP contribution is 2.58. The lowest BCUT2D eigenvalue weighted by atomic mass is 9.80. The Morgan fingerprint density at radius 1 is 1.50 bits per heavy atom. The Morgan fingerprint density at radius 3 is 2.62 bits per heavy atom. The van der Waals surface area contributed by atoms with Crippen molar-refractivity contribution in [2.45, 2.75) is 50.9 Å². The van der Waals surface area contributed by atoms with E-state index in [-0.39, 0.29) is 18.0 Å². The van der Waals surface area contributed by atoms with E-state index in [4.69, 9.17) is 14.2 Å². The first kappa shape index (κ1) is 11.9. The molecule has 2 heterocycles. The maximum atomic E-state index is 11.9. The SMILES string of the molecule is COC(=O)C1(C(C)C)OC12CCC(C)OC2. The number of hydrogen-bond donors (Lipinski definition) is 0. The van der Waals surface area contributed by atoms with Crippen molar-refractivity contribution in [2.24, 2.45) is 5.92 Å². The molecule has 2 aliphatic rings. The molecule has 0 amide bonds. The van der Waals surface area contributed by atoms with Gasteiger partial charge >= 0.3 is 5.97 Å². The third kappa shape index (κ3) is 1.39. The summed E-state index contributed by atoms with van der Waals surface area (Å²) in [4.78, 5) is 11.9. The standard InChI is InChI=1S/C12H20O4/c1-8(2)12(10(13)14-4)11(16-12)6-5-9(3)15-7-11/h8-9H,5-7H2,1-4H3. The second-order valence-electron chi connectivity index (χ2n) is 5.14. The number of epoxide rings is 1. The van der Waals surface area contributed by atoms with E-state index in [2.05, 4.69) is 0 Å². The molecular formula is C12H20O4. The summed E-state index contributed by atoms with van der Waals surface area (Å²) >= 11 is 0. The molecule has 4 heteroatoms. The van der Waals surface area contributed by atoms with Gasteiger partial charge in [-0.3, -0.25) is 0 Å². The van der Waals surface area contributed by atoms with E-state index in [1.165, 1.54) is 7.11 Å². The average Bonchev–Trinajstić information content (AvgIpc) is 2.92. The zero-order valence-corrected chi connectivity index (χ0v) is 10.4. The molecule has 0 N–H and O–H groups in total. The Hall–Kier alpha value is -0.610. The van der Waals surface area contributed by atoms with Gasteiger partial charge < -0.3 is 14.2 Å². The molecule has 92 valence electrons. The van der Waals surface area contributed by atoms with Crippen LogP contribution in [0.1, 0.15) is 33.6 Å². The van der Waals surface area contributed by atoms with Crippen LogP contribution in [0.3, 0.4) is 0 Å². The maximum absolute atomic E-state index is 11.9.